The van der Waals surface area contributed by atoms with Crippen LogP contribution in [0, 0.1) is 11.8 Å². The lowest BCUT2D eigenvalue weighted by molar-refractivity contribution is -0.133. The van der Waals surface area contributed by atoms with Crippen LogP contribution >= 0.6 is 0 Å². The van der Waals surface area contributed by atoms with Crippen LogP contribution in [0.4, 0.5) is 0 Å². The third-order valence-corrected chi connectivity index (χ3v) is 4.56. The van der Waals surface area contributed by atoms with Gasteiger partial charge in [-0.15, -0.1) is 0 Å². The van der Waals surface area contributed by atoms with Gasteiger partial charge in [0.2, 0.25) is 5.91 Å². The van der Waals surface area contributed by atoms with E-state index in [0.717, 1.165) is 37.9 Å². The van der Waals surface area contributed by atoms with Gasteiger partial charge in [-0.2, -0.15) is 0 Å². The fourth-order valence-electron chi connectivity index (χ4n) is 3.07. The number of carbonyl (C=O) groups is 1. The SMILES string of the molecule is CN=C(NCCCCCCC(C)C)NC1CCN(C(=O)C(C)C)C1. The number of unbranched alkanes of at least 4 members (excludes halogenated alkanes) is 3. The van der Waals surface area contributed by atoms with Crippen molar-refractivity contribution in [2.75, 3.05) is 26.7 Å². The molecule has 5 heteroatoms. The van der Waals surface area contributed by atoms with Gasteiger partial charge in [0.1, 0.15) is 0 Å². The van der Waals surface area contributed by atoms with Crippen LogP contribution < -0.4 is 10.6 Å². The van der Waals surface area contributed by atoms with Crippen molar-refractivity contribution < 1.29 is 4.79 Å². The molecule has 0 saturated carbocycles. The molecule has 0 radical (unpaired) electrons. The van der Waals surface area contributed by atoms with Crippen molar-refractivity contribution in [1.29, 1.82) is 0 Å². The molecule has 0 spiro atoms. The summed E-state index contributed by atoms with van der Waals surface area (Å²) in [5.74, 6) is 2.02. The highest BCUT2D eigenvalue weighted by atomic mass is 16.2. The lowest BCUT2D eigenvalue weighted by Gasteiger charge is -2.20. The molecule has 0 aliphatic carbocycles. The van der Waals surface area contributed by atoms with Crippen LogP contribution in [0.15, 0.2) is 4.99 Å². The van der Waals surface area contributed by atoms with E-state index in [2.05, 4.69) is 29.5 Å². The van der Waals surface area contributed by atoms with Crippen molar-refractivity contribution in [2.24, 2.45) is 16.8 Å². The topological polar surface area (TPSA) is 56.7 Å². The summed E-state index contributed by atoms with van der Waals surface area (Å²) in [4.78, 5) is 18.3. The summed E-state index contributed by atoms with van der Waals surface area (Å²) in [7, 11) is 1.81. The Balaban J connectivity index is 2.16. The first-order valence-corrected chi connectivity index (χ1v) is 9.70. The van der Waals surface area contributed by atoms with Gasteiger partial charge in [-0.3, -0.25) is 9.79 Å². The van der Waals surface area contributed by atoms with E-state index >= 15 is 0 Å². The first-order valence-electron chi connectivity index (χ1n) is 9.70. The number of rotatable bonds is 9. The highest BCUT2D eigenvalue weighted by molar-refractivity contribution is 5.81. The van der Waals surface area contributed by atoms with Crippen molar-refractivity contribution in [2.45, 2.75) is 72.3 Å². The van der Waals surface area contributed by atoms with Gasteiger partial charge in [0.15, 0.2) is 5.96 Å². The zero-order valence-electron chi connectivity index (χ0n) is 16.4. The van der Waals surface area contributed by atoms with E-state index in [1.165, 1.54) is 32.1 Å². The molecule has 1 rings (SSSR count). The molecule has 0 bridgehead atoms. The molecule has 140 valence electrons. The van der Waals surface area contributed by atoms with Gasteiger partial charge in [-0.05, 0) is 18.8 Å². The molecule has 1 aliphatic heterocycles. The monoisotopic (exact) mass is 338 g/mol. The van der Waals surface area contributed by atoms with Crippen molar-refractivity contribution in [3.63, 3.8) is 0 Å². The Bertz CT molecular complexity index is 393. The van der Waals surface area contributed by atoms with E-state index < -0.39 is 0 Å². The number of guanidine groups is 1. The Hall–Kier alpha value is -1.26. The van der Waals surface area contributed by atoms with Crippen LogP contribution in [0.2, 0.25) is 0 Å². The second-order valence-corrected chi connectivity index (χ2v) is 7.66. The van der Waals surface area contributed by atoms with Crippen LogP contribution in [-0.2, 0) is 4.79 Å². The third-order valence-electron chi connectivity index (χ3n) is 4.56. The van der Waals surface area contributed by atoms with Crippen LogP contribution in [0.25, 0.3) is 0 Å². The van der Waals surface area contributed by atoms with Gasteiger partial charge >= 0.3 is 0 Å². The molecule has 1 aliphatic rings. The summed E-state index contributed by atoms with van der Waals surface area (Å²) in [5, 5.41) is 6.85. The highest BCUT2D eigenvalue weighted by Crippen LogP contribution is 2.13. The number of nitrogens with zero attached hydrogens (tertiary/aromatic N) is 2. The standard InChI is InChI=1S/C19H38N4O/c1-15(2)10-8-6-7-9-12-21-19(20-5)22-17-11-13-23(14-17)18(24)16(3)4/h15-17H,6-14H2,1-5H3,(H2,20,21,22). The maximum atomic E-state index is 12.0. The maximum Gasteiger partial charge on any atom is 0.225 e. The van der Waals surface area contributed by atoms with Crippen LogP contribution in [0.1, 0.15) is 66.2 Å². The summed E-state index contributed by atoms with van der Waals surface area (Å²) >= 11 is 0. The molecule has 0 aromatic rings. The van der Waals surface area contributed by atoms with Crippen molar-refractivity contribution in [3.05, 3.63) is 0 Å². The van der Waals surface area contributed by atoms with E-state index in [1.807, 2.05) is 25.8 Å². The van der Waals surface area contributed by atoms with Crippen molar-refractivity contribution in [3.8, 4) is 0 Å². The average Bonchev–Trinajstić information content (AvgIpc) is 3.00. The van der Waals surface area contributed by atoms with E-state index in [4.69, 9.17) is 0 Å². The lowest BCUT2D eigenvalue weighted by Crippen LogP contribution is -2.45. The molecular formula is C19H38N4O. The highest BCUT2D eigenvalue weighted by Gasteiger charge is 2.27. The molecule has 5 nitrogen and oxygen atoms in total. The Morgan fingerprint density at radius 2 is 1.88 bits per heavy atom. The van der Waals surface area contributed by atoms with Gasteiger partial charge in [0, 0.05) is 38.6 Å². The third kappa shape index (κ3) is 8.02. The number of hydrogen-bond donors (Lipinski definition) is 2. The molecule has 1 heterocycles. The zero-order chi connectivity index (χ0) is 17.9. The minimum atomic E-state index is 0.0804. The quantitative estimate of drug-likeness (QED) is 0.386. The number of nitrogens with one attached hydrogen (secondary N) is 2. The maximum absolute atomic E-state index is 12.0. The average molecular weight is 339 g/mol. The summed E-state index contributed by atoms with van der Waals surface area (Å²) in [5.41, 5.74) is 0. The predicted molar refractivity (Wildman–Crippen MR) is 102 cm³/mol. The summed E-state index contributed by atoms with van der Waals surface area (Å²) < 4.78 is 0. The van der Waals surface area contributed by atoms with E-state index in [1.54, 1.807) is 0 Å². The largest absolute Gasteiger partial charge is 0.356 e. The Morgan fingerprint density at radius 1 is 1.17 bits per heavy atom. The second-order valence-electron chi connectivity index (χ2n) is 7.66. The summed E-state index contributed by atoms with van der Waals surface area (Å²) in [6.45, 7) is 11.1. The summed E-state index contributed by atoms with van der Waals surface area (Å²) in [6, 6.07) is 0.310. The molecule has 1 unspecified atom stereocenters. The number of aliphatic imine (C=N–C) groups is 1. The molecule has 0 aromatic heterocycles. The molecular weight excluding hydrogens is 300 g/mol. The molecule has 0 aromatic carbocycles. The lowest BCUT2D eigenvalue weighted by atomic mass is 10.0. The second kappa shape index (κ2) is 11.3. The van der Waals surface area contributed by atoms with E-state index in [9.17, 15) is 4.79 Å². The first-order chi connectivity index (χ1) is 11.4. The minimum absolute atomic E-state index is 0.0804. The van der Waals surface area contributed by atoms with E-state index in [-0.39, 0.29) is 11.8 Å². The number of amides is 1. The number of likely N-dealkylation sites (tertiary alicyclic amines) is 1. The number of carbonyl (C=O) groups excluding carboxylic acids is 1. The smallest absolute Gasteiger partial charge is 0.225 e. The molecule has 1 fully saturated rings. The molecule has 1 amide bonds. The Morgan fingerprint density at radius 3 is 2.50 bits per heavy atom. The predicted octanol–water partition coefficient (Wildman–Crippen LogP) is 3.01. The summed E-state index contributed by atoms with van der Waals surface area (Å²) in [6.07, 6.45) is 7.45. The van der Waals surface area contributed by atoms with Gasteiger partial charge in [-0.1, -0.05) is 53.4 Å². The Labute approximate surface area is 148 Å². The fraction of sp³-hybridized carbons (Fsp3) is 0.895. The van der Waals surface area contributed by atoms with E-state index in [0.29, 0.717) is 6.04 Å². The van der Waals surface area contributed by atoms with Crippen molar-refractivity contribution in [1.82, 2.24) is 15.5 Å². The molecule has 24 heavy (non-hydrogen) atoms. The zero-order valence-corrected chi connectivity index (χ0v) is 16.4. The molecule has 1 atom stereocenters. The van der Waals surface area contributed by atoms with Crippen LogP contribution in [0.3, 0.4) is 0 Å². The Kier molecular flexibility index (Phi) is 9.80. The van der Waals surface area contributed by atoms with Gasteiger partial charge < -0.3 is 15.5 Å². The van der Waals surface area contributed by atoms with Crippen LogP contribution in [0.5, 0.6) is 0 Å². The first kappa shape index (κ1) is 20.8. The molecule has 2 N–H and O–H groups in total. The van der Waals surface area contributed by atoms with Gasteiger partial charge in [0.05, 0.1) is 0 Å². The van der Waals surface area contributed by atoms with Gasteiger partial charge in [-0.25, -0.2) is 0 Å². The molecule has 1 saturated heterocycles. The van der Waals surface area contributed by atoms with Crippen molar-refractivity contribution >= 4 is 11.9 Å². The number of hydrogen-bond acceptors (Lipinski definition) is 2. The minimum Gasteiger partial charge on any atom is -0.356 e. The van der Waals surface area contributed by atoms with Crippen LogP contribution in [-0.4, -0.2) is 49.5 Å². The normalized spacial score (nSPS) is 18.5. The fourth-order valence-corrected chi connectivity index (χ4v) is 3.07. The van der Waals surface area contributed by atoms with Gasteiger partial charge in [0.25, 0.3) is 0 Å².